The van der Waals surface area contributed by atoms with Gasteiger partial charge in [0.1, 0.15) is 0 Å². The Bertz CT molecular complexity index is 1260. The molecule has 0 saturated heterocycles. The minimum absolute atomic E-state index is 0.0351. The Morgan fingerprint density at radius 2 is 1.87 bits per heavy atom. The molecule has 0 spiro atoms. The Labute approximate surface area is 180 Å². The van der Waals surface area contributed by atoms with Gasteiger partial charge in [-0.2, -0.15) is 5.10 Å². The highest BCUT2D eigenvalue weighted by molar-refractivity contribution is 5.80. The molecule has 0 radical (unpaired) electrons. The van der Waals surface area contributed by atoms with E-state index >= 15 is 0 Å². The van der Waals surface area contributed by atoms with Crippen LogP contribution in [0.1, 0.15) is 23.1 Å². The molecule has 0 saturated carbocycles. The summed E-state index contributed by atoms with van der Waals surface area (Å²) in [6, 6.07) is 15.7. The number of rotatable bonds is 7. The van der Waals surface area contributed by atoms with Crippen LogP contribution >= 0.6 is 0 Å². The summed E-state index contributed by atoms with van der Waals surface area (Å²) in [5.41, 5.74) is 3.69. The van der Waals surface area contributed by atoms with Crippen LogP contribution in [0.2, 0.25) is 0 Å². The third kappa shape index (κ3) is 4.71. The summed E-state index contributed by atoms with van der Waals surface area (Å²) < 4.78 is 3.37. The fraction of sp³-hybridized carbons (Fsp3) is 0.250. The lowest BCUT2D eigenvalue weighted by molar-refractivity contribution is -0.130. The molecule has 1 amide bonds. The molecule has 0 N–H and O–H groups in total. The average molecular weight is 415 g/mol. The smallest absolute Gasteiger partial charge is 0.261 e. The molecule has 0 unspecified atom stereocenters. The zero-order valence-corrected chi connectivity index (χ0v) is 17.7. The number of benzene rings is 2. The van der Waals surface area contributed by atoms with Crippen LogP contribution in [-0.2, 0) is 24.4 Å². The molecule has 0 aliphatic heterocycles. The standard InChI is InChI=1S/C24H25N5O2/c1-18-7-6-10-21-23(18)25-17-28(24(21)31)12-11-22(30)27(2)14-20-13-26-29(16-20)15-19-8-4-3-5-9-19/h3-10,13,16-17H,11-12,14-15H2,1-2H3. The van der Waals surface area contributed by atoms with Gasteiger partial charge in [-0.05, 0) is 24.1 Å². The molecule has 7 heteroatoms. The number of carbonyl (C=O) groups excluding carboxylic acids is 1. The first-order valence-corrected chi connectivity index (χ1v) is 10.3. The van der Waals surface area contributed by atoms with Gasteiger partial charge in [0.15, 0.2) is 0 Å². The Balaban J connectivity index is 1.36. The van der Waals surface area contributed by atoms with Crippen molar-refractivity contribution in [3.8, 4) is 0 Å². The molecule has 0 aliphatic carbocycles. The summed E-state index contributed by atoms with van der Waals surface area (Å²) in [5, 5.41) is 4.97. The summed E-state index contributed by atoms with van der Waals surface area (Å²) in [5.74, 6) is -0.0351. The predicted octanol–water partition coefficient (Wildman–Crippen LogP) is 3.00. The van der Waals surface area contributed by atoms with Gasteiger partial charge in [-0.15, -0.1) is 0 Å². The molecule has 0 atom stereocenters. The number of para-hydroxylation sites is 1. The molecule has 31 heavy (non-hydrogen) atoms. The van der Waals surface area contributed by atoms with Crippen molar-refractivity contribution in [2.24, 2.45) is 0 Å². The number of hydrogen-bond donors (Lipinski definition) is 0. The second-order valence-corrected chi connectivity index (χ2v) is 7.75. The van der Waals surface area contributed by atoms with Crippen LogP contribution in [0.3, 0.4) is 0 Å². The molecule has 7 nitrogen and oxygen atoms in total. The van der Waals surface area contributed by atoms with Crippen LogP contribution in [0, 0.1) is 6.92 Å². The van der Waals surface area contributed by atoms with Crippen molar-refractivity contribution in [2.45, 2.75) is 33.0 Å². The van der Waals surface area contributed by atoms with Crippen molar-refractivity contribution in [1.29, 1.82) is 0 Å². The molecule has 0 fully saturated rings. The van der Waals surface area contributed by atoms with Gasteiger partial charge in [0.05, 0.1) is 30.0 Å². The van der Waals surface area contributed by atoms with Gasteiger partial charge in [-0.1, -0.05) is 42.5 Å². The van der Waals surface area contributed by atoms with Crippen LogP contribution in [0.4, 0.5) is 0 Å². The number of hydrogen-bond acceptors (Lipinski definition) is 4. The summed E-state index contributed by atoms with van der Waals surface area (Å²) in [4.78, 5) is 31.4. The van der Waals surface area contributed by atoms with E-state index in [-0.39, 0.29) is 17.9 Å². The topological polar surface area (TPSA) is 73.0 Å². The number of aryl methyl sites for hydroxylation is 2. The first-order valence-electron chi connectivity index (χ1n) is 10.3. The zero-order chi connectivity index (χ0) is 21.8. The Hall–Kier alpha value is -3.74. The molecular formula is C24H25N5O2. The molecule has 2 aromatic carbocycles. The maximum atomic E-state index is 12.7. The summed E-state index contributed by atoms with van der Waals surface area (Å²) >= 11 is 0. The lowest BCUT2D eigenvalue weighted by Crippen LogP contribution is -2.29. The van der Waals surface area contributed by atoms with Crippen molar-refractivity contribution >= 4 is 16.8 Å². The van der Waals surface area contributed by atoms with E-state index in [9.17, 15) is 9.59 Å². The first kappa shape index (κ1) is 20.5. The van der Waals surface area contributed by atoms with Crippen molar-refractivity contribution in [2.75, 3.05) is 7.05 Å². The zero-order valence-electron chi connectivity index (χ0n) is 17.7. The fourth-order valence-electron chi connectivity index (χ4n) is 3.61. The van der Waals surface area contributed by atoms with Gasteiger partial charge < -0.3 is 4.90 Å². The second-order valence-electron chi connectivity index (χ2n) is 7.75. The van der Waals surface area contributed by atoms with E-state index in [1.807, 2.05) is 48.1 Å². The van der Waals surface area contributed by atoms with Crippen LogP contribution in [0.15, 0.2) is 72.0 Å². The van der Waals surface area contributed by atoms with Crippen LogP contribution in [-0.4, -0.2) is 37.2 Å². The molecule has 0 aliphatic rings. The monoisotopic (exact) mass is 415 g/mol. The number of carbonyl (C=O) groups is 1. The number of nitrogens with zero attached hydrogens (tertiary/aromatic N) is 5. The molecule has 2 aromatic heterocycles. The van der Waals surface area contributed by atoms with Crippen LogP contribution in [0.5, 0.6) is 0 Å². The van der Waals surface area contributed by atoms with Gasteiger partial charge >= 0.3 is 0 Å². The summed E-state index contributed by atoms with van der Waals surface area (Å²) in [7, 11) is 1.77. The lowest BCUT2D eigenvalue weighted by Gasteiger charge is -2.16. The van der Waals surface area contributed by atoms with Gasteiger partial charge in [-0.3, -0.25) is 18.8 Å². The van der Waals surface area contributed by atoms with Crippen molar-refractivity contribution < 1.29 is 4.79 Å². The van der Waals surface area contributed by atoms with E-state index < -0.39 is 0 Å². The highest BCUT2D eigenvalue weighted by Gasteiger charge is 2.12. The highest BCUT2D eigenvalue weighted by atomic mass is 16.2. The Kier molecular flexibility index (Phi) is 5.93. The Morgan fingerprint density at radius 1 is 1.06 bits per heavy atom. The molecule has 4 aromatic rings. The molecule has 4 rings (SSSR count). The minimum atomic E-state index is -0.119. The quantitative estimate of drug-likeness (QED) is 0.465. The van der Waals surface area contributed by atoms with Gasteiger partial charge in [0.2, 0.25) is 5.91 Å². The number of amides is 1. The van der Waals surface area contributed by atoms with E-state index in [0.29, 0.717) is 30.5 Å². The minimum Gasteiger partial charge on any atom is -0.341 e. The predicted molar refractivity (Wildman–Crippen MR) is 120 cm³/mol. The highest BCUT2D eigenvalue weighted by Crippen LogP contribution is 2.12. The molecule has 158 valence electrons. The van der Waals surface area contributed by atoms with E-state index in [1.165, 1.54) is 16.5 Å². The average Bonchev–Trinajstić information content (AvgIpc) is 3.21. The number of fused-ring (bicyclic) bond motifs is 1. The lowest BCUT2D eigenvalue weighted by atomic mass is 10.1. The molecule has 0 bridgehead atoms. The Morgan fingerprint density at radius 3 is 2.68 bits per heavy atom. The first-order chi connectivity index (χ1) is 15.0. The maximum absolute atomic E-state index is 12.7. The third-order valence-corrected chi connectivity index (χ3v) is 5.34. The molecular weight excluding hydrogens is 390 g/mol. The largest absolute Gasteiger partial charge is 0.341 e. The van der Waals surface area contributed by atoms with E-state index in [1.54, 1.807) is 24.2 Å². The van der Waals surface area contributed by atoms with Gasteiger partial charge in [0, 0.05) is 38.3 Å². The normalized spacial score (nSPS) is 11.0. The summed E-state index contributed by atoms with van der Waals surface area (Å²) in [6.07, 6.45) is 5.50. The second kappa shape index (κ2) is 8.95. The molecule has 2 heterocycles. The van der Waals surface area contributed by atoms with Crippen molar-refractivity contribution in [3.05, 3.63) is 94.3 Å². The SMILES string of the molecule is Cc1cccc2c(=O)n(CCC(=O)N(C)Cc3cnn(Cc4ccccc4)c3)cnc12. The van der Waals surface area contributed by atoms with Crippen molar-refractivity contribution in [3.63, 3.8) is 0 Å². The summed E-state index contributed by atoms with van der Waals surface area (Å²) in [6.45, 7) is 3.39. The van der Waals surface area contributed by atoms with E-state index in [0.717, 1.165) is 11.1 Å². The number of aromatic nitrogens is 4. The van der Waals surface area contributed by atoms with Gasteiger partial charge in [0.25, 0.3) is 5.56 Å². The maximum Gasteiger partial charge on any atom is 0.261 e. The fourth-order valence-corrected chi connectivity index (χ4v) is 3.61. The van der Waals surface area contributed by atoms with Gasteiger partial charge in [-0.25, -0.2) is 4.98 Å². The van der Waals surface area contributed by atoms with Crippen LogP contribution in [0.25, 0.3) is 10.9 Å². The van der Waals surface area contributed by atoms with E-state index in [4.69, 9.17) is 0 Å². The third-order valence-electron chi connectivity index (χ3n) is 5.34. The van der Waals surface area contributed by atoms with Crippen molar-refractivity contribution in [1.82, 2.24) is 24.2 Å². The van der Waals surface area contributed by atoms with E-state index in [2.05, 4.69) is 22.2 Å². The van der Waals surface area contributed by atoms with Crippen LogP contribution < -0.4 is 5.56 Å².